The third-order valence-electron chi connectivity index (χ3n) is 3.69. The van der Waals surface area contributed by atoms with Gasteiger partial charge in [-0.15, -0.1) is 16.7 Å². The van der Waals surface area contributed by atoms with Gasteiger partial charge in [0.1, 0.15) is 4.88 Å². The topological polar surface area (TPSA) is 46.1 Å². The van der Waals surface area contributed by atoms with Gasteiger partial charge in [-0.05, 0) is 23.9 Å². The monoisotopic (exact) mass is 301 g/mol. The van der Waals surface area contributed by atoms with Gasteiger partial charge in [0, 0.05) is 23.9 Å². The van der Waals surface area contributed by atoms with Crippen LogP contribution in [0, 0.1) is 5.92 Å². The van der Waals surface area contributed by atoms with Gasteiger partial charge in [-0.1, -0.05) is 32.2 Å². The lowest BCUT2D eigenvalue weighted by molar-refractivity contribution is 0.0739. The Balaban J connectivity index is 2.28. The molecule has 0 spiro atoms. The summed E-state index contributed by atoms with van der Waals surface area (Å²) in [4.78, 5) is 15.2. The van der Waals surface area contributed by atoms with Crippen molar-refractivity contribution < 1.29 is 4.79 Å². The Morgan fingerprint density at radius 3 is 2.79 bits per heavy atom. The second kappa shape index (κ2) is 5.37. The molecule has 1 saturated heterocycles. The van der Waals surface area contributed by atoms with Crippen LogP contribution in [-0.4, -0.2) is 38.9 Å². The molecule has 106 valence electrons. The molecule has 2 heterocycles. The van der Waals surface area contributed by atoms with Gasteiger partial charge >= 0.3 is 0 Å². The van der Waals surface area contributed by atoms with E-state index in [1.807, 2.05) is 25.7 Å². The summed E-state index contributed by atoms with van der Waals surface area (Å²) in [6.45, 7) is 9.07. The first-order valence-corrected chi connectivity index (χ1v) is 7.86. The Hall–Kier alpha value is -0.680. The van der Waals surface area contributed by atoms with Gasteiger partial charge < -0.3 is 4.90 Å². The van der Waals surface area contributed by atoms with Gasteiger partial charge in [-0.3, -0.25) is 4.79 Å². The Bertz CT molecular complexity index is 469. The molecule has 1 aromatic rings. The molecule has 6 heteroatoms. The van der Waals surface area contributed by atoms with E-state index in [2.05, 4.69) is 16.5 Å². The van der Waals surface area contributed by atoms with Crippen molar-refractivity contribution >= 4 is 29.0 Å². The number of halogens is 1. The van der Waals surface area contributed by atoms with E-state index in [1.54, 1.807) is 0 Å². The fraction of sp³-hybridized carbons (Fsp3) is 0.769. The van der Waals surface area contributed by atoms with Crippen LogP contribution in [0.5, 0.6) is 0 Å². The number of alkyl halides is 1. The smallest absolute Gasteiger partial charge is 0.267 e. The molecule has 0 N–H and O–H groups in total. The number of rotatable bonds is 2. The Morgan fingerprint density at radius 2 is 2.21 bits per heavy atom. The largest absolute Gasteiger partial charge is 0.333 e. The van der Waals surface area contributed by atoms with Crippen molar-refractivity contribution in [3.8, 4) is 0 Å². The first-order chi connectivity index (χ1) is 8.86. The molecule has 1 fully saturated rings. The van der Waals surface area contributed by atoms with Gasteiger partial charge in [0.2, 0.25) is 0 Å². The molecule has 2 unspecified atom stereocenters. The molecule has 2 rings (SSSR count). The maximum Gasteiger partial charge on any atom is 0.267 e. The van der Waals surface area contributed by atoms with E-state index in [0.29, 0.717) is 16.7 Å². The lowest BCUT2D eigenvalue weighted by Crippen LogP contribution is -2.39. The van der Waals surface area contributed by atoms with E-state index < -0.39 is 0 Å². The van der Waals surface area contributed by atoms with Crippen LogP contribution in [0.15, 0.2) is 0 Å². The lowest BCUT2D eigenvalue weighted by Gasteiger charge is -2.25. The summed E-state index contributed by atoms with van der Waals surface area (Å²) in [6, 6.07) is 0.129. The molecule has 0 bridgehead atoms. The summed E-state index contributed by atoms with van der Waals surface area (Å²) in [5, 5.41) is 4.14. The standard InChI is InChI=1S/C13H20ClN3OS/c1-8-5-6-17(9(8)7-14)12(18)10-11(13(2,3)4)15-16-19-10/h8-9H,5-7H2,1-4H3. The minimum atomic E-state index is -0.167. The first-order valence-electron chi connectivity index (χ1n) is 6.56. The zero-order chi connectivity index (χ0) is 14.2. The van der Waals surface area contributed by atoms with Crippen molar-refractivity contribution in [2.24, 2.45) is 5.92 Å². The molecule has 0 aromatic carbocycles. The first kappa shape index (κ1) is 14.7. The van der Waals surface area contributed by atoms with Crippen molar-refractivity contribution in [2.75, 3.05) is 12.4 Å². The zero-order valence-electron chi connectivity index (χ0n) is 11.8. The van der Waals surface area contributed by atoms with Crippen LogP contribution < -0.4 is 0 Å². The number of carbonyl (C=O) groups excluding carboxylic acids is 1. The number of nitrogens with zero attached hydrogens (tertiary/aromatic N) is 3. The summed E-state index contributed by atoms with van der Waals surface area (Å²) in [7, 11) is 0. The SMILES string of the molecule is CC1CCN(C(=O)c2snnc2C(C)(C)C)C1CCl. The van der Waals surface area contributed by atoms with Crippen molar-refractivity contribution in [2.45, 2.75) is 45.6 Å². The highest BCUT2D eigenvalue weighted by Crippen LogP contribution is 2.31. The number of aromatic nitrogens is 2. The van der Waals surface area contributed by atoms with Crippen LogP contribution in [-0.2, 0) is 5.41 Å². The van der Waals surface area contributed by atoms with E-state index in [0.717, 1.165) is 18.7 Å². The van der Waals surface area contributed by atoms with Crippen LogP contribution >= 0.6 is 23.1 Å². The highest BCUT2D eigenvalue weighted by molar-refractivity contribution is 7.08. The maximum absolute atomic E-state index is 12.7. The summed E-state index contributed by atoms with van der Waals surface area (Å²) in [5.41, 5.74) is 0.621. The molecule has 4 nitrogen and oxygen atoms in total. The van der Waals surface area contributed by atoms with Crippen LogP contribution in [0.4, 0.5) is 0 Å². The minimum Gasteiger partial charge on any atom is -0.333 e. The molecule has 1 amide bonds. The highest BCUT2D eigenvalue weighted by atomic mass is 35.5. The van der Waals surface area contributed by atoms with Crippen molar-refractivity contribution in [1.29, 1.82) is 0 Å². The second-order valence-electron chi connectivity index (χ2n) is 6.19. The van der Waals surface area contributed by atoms with E-state index in [9.17, 15) is 4.79 Å². The molecule has 1 aliphatic rings. The normalized spacial score (nSPS) is 23.9. The predicted molar refractivity (Wildman–Crippen MR) is 77.9 cm³/mol. The molecular formula is C13H20ClN3OS. The van der Waals surface area contributed by atoms with Crippen LogP contribution in [0.1, 0.15) is 49.5 Å². The number of amides is 1. The Kier molecular flexibility index (Phi) is 4.16. The molecule has 0 saturated carbocycles. The Labute approximate surface area is 123 Å². The second-order valence-corrected chi connectivity index (χ2v) is 7.25. The quantitative estimate of drug-likeness (QED) is 0.789. The van der Waals surface area contributed by atoms with E-state index >= 15 is 0 Å². The summed E-state index contributed by atoms with van der Waals surface area (Å²) in [5.74, 6) is 0.986. The third-order valence-corrected chi connectivity index (χ3v) is 4.72. The van der Waals surface area contributed by atoms with Crippen LogP contribution in [0.25, 0.3) is 0 Å². The van der Waals surface area contributed by atoms with E-state index in [-0.39, 0.29) is 17.4 Å². The molecule has 19 heavy (non-hydrogen) atoms. The van der Waals surface area contributed by atoms with Crippen LogP contribution in [0.3, 0.4) is 0 Å². The lowest BCUT2D eigenvalue weighted by atomic mass is 9.91. The van der Waals surface area contributed by atoms with Crippen molar-refractivity contribution in [3.05, 3.63) is 10.6 Å². The predicted octanol–water partition coefficient (Wildman–Crippen LogP) is 2.93. The fourth-order valence-corrected chi connectivity index (χ4v) is 3.75. The van der Waals surface area contributed by atoms with E-state index in [4.69, 9.17) is 11.6 Å². The number of likely N-dealkylation sites (tertiary alicyclic amines) is 1. The molecule has 0 radical (unpaired) electrons. The highest BCUT2D eigenvalue weighted by Gasteiger charge is 2.37. The van der Waals surface area contributed by atoms with Crippen molar-refractivity contribution in [1.82, 2.24) is 14.5 Å². The summed E-state index contributed by atoms with van der Waals surface area (Å²) < 4.78 is 3.96. The molecule has 1 aromatic heterocycles. The van der Waals surface area contributed by atoms with Crippen molar-refractivity contribution in [3.63, 3.8) is 0 Å². The van der Waals surface area contributed by atoms with Crippen LogP contribution in [0.2, 0.25) is 0 Å². The summed E-state index contributed by atoms with van der Waals surface area (Å²) >= 11 is 7.20. The van der Waals surface area contributed by atoms with Gasteiger partial charge in [0.15, 0.2) is 0 Å². The molecule has 1 aliphatic heterocycles. The van der Waals surface area contributed by atoms with Gasteiger partial charge in [-0.2, -0.15) is 0 Å². The Morgan fingerprint density at radius 1 is 1.53 bits per heavy atom. The summed E-state index contributed by atoms with van der Waals surface area (Å²) in [6.07, 6.45) is 1.01. The molecule has 0 aliphatic carbocycles. The average Bonchev–Trinajstić information content (AvgIpc) is 2.93. The molecule has 2 atom stereocenters. The average molecular weight is 302 g/mol. The number of carbonyl (C=O) groups is 1. The molecular weight excluding hydrogens is 282 g/mol. The number of hydrogen-bond donors (Lipinski definition) is 0. The van der Waals surface area contributed by atoms with Gasteiger partial charge in [-0.25, -0.2) is 0 Å². The van der Waals surface area contributed by atoms with Gasteiger partial charge in [0.25, 0.3) is 5.91 Å². The fourth-order valence-electron chi connectivity index (χ4n) is 2.45. The minimum absolute atomic E-state index is 0.0370. The van der Waals surface area contributed by atoms with E-state index in [1.165, 1.54) is 11.5 Å². The third kappa shape index (κ3) is 2.77. The number of hydrogen-bond acceptors (Lipinski definition) is 4. The zero-order valence-corrected chi connectivity index (χ0v) is 13.4. The van der Waals surface area contributed by atoms with Gasteiger partial charge in [0.05, 0.1) is 5.69 Å². The maximum atomic E-state index is 12.7.